The molecule has 5 unspecified atom stereocenters. The Hall–Kier alpha value is -0.330. The maximum Gasteiger partial charge on any atom is 0.139 e. The first-order chi connectivity index (χ1) is 9.58. The van der Waals surface area contributed by atoms with E-state index in [0.29, 0.717) is 11.7 Å². The van der Waals surface area contributed by atoms with E-state index in [0.717, 1.165) is 30.1 Å². The minimum absolute atomic E-state index is 0.0576. The Morgan fingerprint density at radius 1 is 1.20 bits per heavy atom. The first-order valence-electron chi connectivity index (χ1n) is 9.11. The minimum atomic E-state index is 0.0576. The number of carbonyl (C=O) groups excluding carboxylic acids is 1. The number of rotatable bonds is 3. The summed E-state index contributed by atoms with van der Waals surface area (Å²) >= 11 is 0. The molecular formula is C19H32O. The monoisotopic (exact) mass is 276 g/mol. The Kier molecular flexibility index (Phi) is 3.99. The van der Waals surface area contributed by atoms with Gasteiger partial charge in [-0.3, -0.25) is 4.79 Å². The van der Waals surface area contributed by atoms with Crippen LogP contribution in [-0.2, 0) is 4.79 Å². The van der Waals surface area contributed by atoms with Gasteiger partial charge in [-0.15, -0.1) is 0 Å². The second kappa shape index (κ2) is 5.46. The summed E-state index contributed by atoms with van der Waals surface area (Å²) in [7, 11) is 0. The Bertz CT molecular complexity index is 372. The van der Waals surface area contributed by atoms with Crippen molar-refractivity contribution >= 4 is 5.78 Å². The molecule has 1 heteroatoms. The second-order valence-electron chi connectivity index (χ2n) is 8.22. The summed E-state index contributed by atoms with van der Waals surface area (Å²) in [4.78, 5) is 12.4. The highest BCUT2D eigenvalue weighted by atomic mass is 16.1. The number of carbonyl (C=O) groups is 1. The van der Waals surface area contributed by atoms with Gasteiger partial charge in [-0.25, -0.2) is 0 Å². The third kappa shape index (κ3) is 2.16. The molecule has 0 N–H and O–H groups in total. The zero-order valence-corrected chi connectivity index (χ0v) is 13.7. The fourth-order valence-electron chi connectivity index (χ4n) is 6.07. The SMILES string of the molecule is CCCCC1CC[C@@H](C)C2C1CCC1(C)C(=O)CCC21. The quantitative estimate of drug-likeness (QED) is 0.689. The molecule has 0 aromatic heterocycles. The van der Waals surface area contributed by atoms with E-state index in [1.54, 1.807) is 0 Å². The van der Waals surface area contributed by atoms with E-state index in [-0.39, 0.29) is 5.41 Å². The predicted molar refractivity (Wildman–Crippen MR) is 83.5 cm³/mol. The normalized spacial score (nSPS) is 48.0. The van der Waals surface area contributed by atoms with Gasteiger partial charge in [0.2, 0.25) is 0 Å². The van der Waals surface area contributed by atoms with Crippen molar-refractivity contribution in [2.75, 3.05) is 0 Å². The molecule has 3 rings (SSSR count). The molecular weight excluding hydrogens is 244 g/mol. The number of ketones is 1. The van der Waals surface area contributed by atoms with Crippen molar-refractivity contribution in [2.24, 2.45) is 35.0 Å². The van der Waals surface area contributed by atoms with Gasteiger partial charge in [-0.05, 0) is 55.3 Å². The van der Waals surface area contributed by atoms with Crippen LogP contribution in [0.1, 0.15) is 78.6 Å². The van der Waals surface area contributed by atoms with Gasteiger partial charge in [-0.1, -0.05) is 46.5 Å². The van der Waals surface area contributed by atoms with E-state index < -0.39 is 0 Å². The molecule has 0 bridgehead atoms. The summed E-state index contributed by atoms with van der Waals surface area (Å²) in [5, 5.41) is 0. The van der Waals surface area contributed by atoms with Gasteiger partial charge in [0.25, 0.3) is 0 Å². The molecule has 0 radical (unpaired) electrons. The van der Waals surface area contributed by atoms with Crippen LogP contribution in [-0.4, -0.2) is 5.78 Å². The van der Waals surface area contributed by atoms with Crippen LogP contribution < -0.4 is 0 Å². The molecule has 3 saturated carbocycles. The zero-order chi connectivity index (χ0) is 14.3. The largest absolute Gasteiger partial charge is 0.299 e. The van der Waals surface area contributed by atoms with Gasteiger partial charge in [0.15, 0.2) is 0 Å². The average molecular weight is 276 g/mol. The van der Waals surface area contributed by atoms with E-state index in [1.807, 2.05) is 0 Å². The smallest absolute Gasteiger partial charge is 0.139 e. The molecule has 0 aromatic carbocycles. The second-order valence-corrected chi connectivity index (χ2v) is 8.22. The number of unbranched alkanes of at least 4 members (excludes halogenated alkanes) is 1. The maximum absolute atomic E-state index is 12.4. The molecule has 0 heterocycles. The van der Waals surface area contributed by atoms with Crippen molar-refractivity contribution in [1.29, 1.82) is 0 Å². The molecule has 114 valence electrons. The van der Waals surface area contributed by atoms with Crippen molar-refractivity contribution < 1.29 is 4.79 Å². The highest BCUT2D eigenvalue weighted by Gasteiger charge is 2.56. The van der Waals surface area contributed by atoms with E-state index in [2.05, 4.69) is 20.8 Å². The average Bonchev–Trinajstić information content (AvgIpc) is 2.74. The van der Waals surface area contributed by atoms with E-state index >= 15 is 0 Å². The van der Waals surface area contributed by atoms with E-state index in [9.17, 15) is 4.79 Å². The number of hydrogen-bond donors (Lipinski definition) is 0. The van der Waals surface area contributed by atoms with Gasteiger partial charge in [-0.2, -0.15) is 0 Å². The van der Waals surface area contributed by atoms with Crippen LogP contribution in [0.4, 0.5) is 0 Å². The molecule has 0 aliphatic heterocycles. The molecule has 0 amide bonds. The van der Waals surface area contributed by atoms with Crippen molar-refractivity contribution in [3.63, 3.8) is 0 Å². The van der Waals surface area contributed by atoms with Crippen LogP contribution in [0, 0.1) is 35.0 Å². The Labute approximate surface area is 124 Å². The lowest BCUT2D eigenvalue weighted by Gasteiger charge is -2.53. The van der Waals surface area contributed by atoms with Gasteiger partial charge in [0, 0.05) is 11.8 Å². The number of fused-ring (bicyclic) bond motifs is 3. The molecule has 1 nitrogen and oxygen atoms in total. The molecule has 20 heavy (non-hydrogen) atoms. The van der Waals surface area contributed by atoms with Crippen molar-refractivity contribution in [1.82, 2.24) is 0 Å². The summed E-state index contributed by atoms with van der Waals surface area (Å²) in [6.07, 6.45) is 11.7. The Balaban J connectivity index is 1.81. The zero-order valence-electron chi connectivity index (χ0n) is 13.7. The lowest BCUT2D eigenvalue weighted by atomic mass is 9.51. The summed E-state index contributed by atoms with van der Waals surface area (Å²) in [6.45, 7) is 7.09. The molecule has 3 aliphatic rings. The summed E-state index contributed by atoms with van der Waals surface area (Å²) in [5.74, 6) is 4.92. The molecule has 3 fully saturated rings. The standard InChI is InChI=1S/C19H32O/c1-4-5-6-14-8-7-13(2)18-15(14)11-12-19(3)16(18)9-10-17(19)20/h13-16,18H,4-12H2,1-3H3/t13-,14?,15?,16?,18?,19?/m1/s1. The van der Waals surface area contributed by atoms with Gasteiger partial charge >= 0.3 is 0 Å². The van der Waals surface area contributed by atoms with Crippen molar-refractivity contribution in [3.05, 3.63) is 0 Å². The molecule has 0 spiro atoms. The van der Waals surface area contributed by atoms with Crippen molar-refractivity contribution in [3.8, 4) is 0 Å². The number of Topliss-reactive ketones (excluding diaryl/α,β-unsaturated/α-hetero) is 1. The summed E-state index contributed by atoms with van der Waals surface area (Å²) in [6, 6.07) is 0. The van der Waals surface area contributed by atoms with Gasteiger partial charge in [0.05, 0.1) is 0 Å². The minimum Gasteiger partial charge on any atom is -0.299 e. The van der Waals surface area contributed by atoms with E-state index in [1.165, 1.54) is 51.4 Å². The first-order valence-corrected chi connectivity index (χ1v) is 9.11. The summed E-state index contributed by atoms with van der Waals surface area (Å²) in [5.41, 5.74) is 0.0576. The lowest BCUT2D eigenvalue weighted by molar-refractivity contribution is -0.133. The highest BCUT2D eigenvalue weighted by Crippen LogP contribution is 2.60. The fraction of sp³-hybridized carbons (Fsp3) is 0.947. The van der Waals surface area contributed by atoms with Gasteiger partial charge < -0.3 is 0 Å². The summed E-state index contributed by atoms with van der Waals surface area (Å²) < 4.78 is 0. The van der Waals surface area contributed by atoms with Crippen molar-refractivity contribution in [2.45, 2.75) is 78.6 Å². The first kappa shape index (κ1) is 14.6. The van der Waals surface area contributed by atoms with Crippen LogP contribution in [0.3, 0.4) is 0 Å². The van der Waals surface area contributed by atoms with Gasteiger partial charge in [0.1, 0.15) is 5.78 Å². The van der Waals surface area contributed by atoms with Crippen LogP contribution in [0.15, 0.2) is 0 Å². The highest BCUT2D eigenvalue weighted by molar-refractivity contribution is 5.87. The van der Waals surface area contributed by atoms with Crippen LogP contribution in [0.5, 0.6) is 0 Å². The lowest BCUT2D eigenvalue weighted by Crippen LogP contribution is -2.48. The molecule has 3 aliphatic carbocycles. The Morgan fingerprint density at radius 2 is 2.00 bits per heavy atom. The van der Waals surface area contributed by atoms with Crippen LogP contribution in [0.2, 0.25) is 0 Å². The predicted octanol–water partition coefficient (Wildman–Crippen LogP) is 5.23. The van der Waals surface area contributed by atoms with Crippen LogP contribution in [0.25, 0.3) is 0 Å². The topological polar surface area (TPSA) is 17.1 Å². The molecule has 0 saturated heterocycles. The number of hydrogen-bond acceptors (Lipinski definition) is 1. The van der Waals surface area contributed by atoms with E-state index in [4.69, 9.17) is 0 Å². The Morgan fingerprint density at radius 3 is 2.75 bits per heavy atom. The maximum atomic E-state index is 12.4. The third-order valence-electron chi connectivity index (χ3n) is 7.28. The molecule has 6 atom stereocenters. The third-order valence-corrected chi connectivity index (χ3v) is 7.28. The fourth-order valence-corrected chi connectivity index (χ4v) is 6.07. The molecule has 0 aromatic rings. The van der Waals surface area contributed by atoms with Crippen LogP contribution >= 0.6 is 0 Å².